The number of carbonyl (C=O) groups excluding carboxylic acids is 1. The molecule has 1 amide bonds. The number of amides is 1. The average molecular weight is 436 g/mol. The van der Waals surface area contributed by atoms with E-state index in [-0.39, 0.29) is 6.10 Å². The topological polar surface area (TPSA) is 106 Å². The molecule has 1 aromatic carbocycles. The van der Waals surface area contributed by atoms with Crippen LogP contribution in [0.1, 0.15) is 38.1 Å². The number of hydrogen-bond donors (Lipinski definition) is 1. The van der Waals surface area contributed by atoms with Crippen LogP contribution >= 0.6 is 0 Å². The monoisotopic (exact) mass is 436 g/mol. The number of rotatable bonds is 6. The van der Waals surface area contributed by atoms with Gasteiger partial charge in [0.25, 0.3) is 0 Å². The number of aromatic nitrogens is 5. The van der Waals surface area contributed by atoms with Crippen LogP contribution in [0.25, 0.3) is 22.6 Å². The molecule has 6 rings (SSSR count). The number of aliphatic hydroxyl groups is 1. The Bertz CT molecular complexity index is 1190. The lowest BCUT2D eigenvalue weighted by Gasteiger charge is -2.15. The van der Waals surface area contributed by atoms with Crippen molar-refractivity contribution in [3.63, 3.8) is 0 Å². The van der Waals surface area contributed by atoms with Crippen LogP contribution in [0.15, 0.2) is 36.5 Å². The van der Waals surface area contributed by atoms with Gasteiger partial charge in [0.05, 0.1) is 23.9 Å². The summed E-state index contributed by atoms with van der Waals surface area (Å²) in [5.74, 6) is -0.0239. The molecule has 3 fully saturated rings. The van der Waals surface area contributed by atoms with Crippen LogP contribution in [-0.4, -0.2) is 54.6 Å². The van der Waals surface area contributed by atoms with Gasteiger partial charge >= 0.3 is 6.09 Å². The van der Waals surface area contributed by atoms with Gasteiger partial charge in [-0.15, -0.1) is 10.2 Å². The minimum absolute atomic E-state index is 0.296. The van der Waals surface area contributed by atoms with Crippen LogP contribution < -0.4 is 4.90 Å². The highest BCUT2D eigenvalue weighted by atomic mass is 19.1. The maximum atomic E-state index is 14.9. The van der Waals surface area contributed by atoms with Gasteiger partial charge in [0.1, 0.15) is 17.6 Å². The lowest BCUT2D eigenvalue weighted by Crippen LogP contribution is -2.26. The van der Waals surface area contributed by atoms with E-state index < -0.39 is 17.5 Å². The Kier molecular flexibility index (Phi) is 4.26. The molecule has 0 bridgehead atoms. The van der Waals surface area contributed by atoms with Crippen LogP contribution in [0.5, 0.6) is 0 Å². The van der Waals surface area contributed by atoms with Crippen LogP contribution in [-0.2, 0) is 4.74 Å². The maximum absolute atomic E-state index is 14.9. The number of pyridine rings is 1. The van der Waals surface area contributed by atoms with Crippen LogP contribution in [0.4, 0.5) is 14.9 Å². The van der Waals surface area contributed by atoms with Gasteiger partial charge in [0.2, 0.25) is 5.82 Å². The fourth-order valence-corrected chi connectivity index (χ4v) is 3.99. The summed E-state index contributed by atoms with van der Waals surface area (Å²) >= 11 is 0. The minimum Gasteiger partial charge on any atom is -0.444 e. The zero-order valence-corrected chi connectivity index (χ0v) is 17.2. The zero-order valence-electron chi connectivity index (χ0n) is 17.2. The Balaban J connectivity index is 1.19. The third-order valence-corrected chi connectivity index (χ3v) is 6.18. The molecular weight excluding hydrogens is 415 g/mol. The summed E-state index contributed by atoms with van der Waals surface area (Å²) in [5.41, 5.74) is 1.26. The van der Waals surface area contributed by atoms with E-state index in [1.807, 2.05) is 0 Å². The quantitative estimate of drug-likeness (QED) is 0.633. The van der Waals surface area contributed by atoms with E-state index in [1.165, 1.54) is 11.0 Å². The molecule has 2 saturated carbocycles. The largest absolute Gasteiger partial charge is 0.444 e. The van der Waals surface area contributed by atoms with E-state index in [0.717, 1.165) is 25.7 Å². The first-order chi connectivity index (χ1) is 15.5. The molecule has 3 heterocycles. The molecule has 0 radical (unpaired) electrons. The average Bonchev–Trinajstić information content (AvgIpc) is 3.67. The van der Waals surface area contributed by atoms with Gasteiger partial charge in [-0.2, -0.15) is 4.80 Å². The third-order valence-electron chi connectivity index (χ3n) is 6.18. The number of ether oxygens (including phenoxy) is 1. The van der Waals surface area contributed by atoms with Crippen LogP contribution in [0.3, 0.4) is 0 Å². The number of anilines is 1. The van der Waals surface area contributed by atoms with Crippen molar-refractivity contribution in [1.82, 2.24) is 25.2 Å². The zero-order chi connectivity index (χ0) is 21.9. The first-order valence-corrected chi connectivity index (χ1v) is 10.7. The molecule has 1 N–H and O–H groups in total. The molecule has 1 aliphatic heterocycles. The van der Waals surface area contributed by atoms with Crippen molar-refractivity contribution >= 4 is 11.8 Å². The number of tetrazole rings is 1. The van der Waals surface area contributed by atoms with Crippen molar-refractivity contribution in [3.05, 3.63) is 42.3 Å². The van der Waals surface area contributed by atoms with Crippen molar-refractivity contribution in [2.75, 3.05) is 11.4 Å². The van der Waals surface area contributed by atoms with Crippen molar-refractivity contribution in [1.29, 1.82) is 0 Å². The predicted molar refractivity (Wildman–Crippen MR) is 111 cm³/mol. The minimum atomic E-state index is -0.711. The molecule has 164 valence electrons. The summed E-state index contributed by atoms with van der Waals surface area (Å²) in [4.78, 5) is 19.6. The van der Waals surface area contributed by atoms with Gasteiger partial charge in [-0.3, -0.25) is 9.88 Å². The number of halogens is 1. The lowest BCUT2D eigenvalue weighted by atomic mass is 10.1. The van der Waals surface area contributed by atoms with Crippen LogP contribution in [0, 0.1) is 5.82 Å². The molecular formula is C22H21FN6O3. The Labute approximate surface area is 182 Å². The van der Waals surface area contributed by atoms with E-state index in [4.69, 9.17) is 4.74 Å². The van der Waals surface area contributed by atoms with Crippen molar-refractivity contribution < 1.29 is 19.0 Å². The fraction of sp³-hybridized carbons (Fsp3) is 0.409. The Morgan fingerprint density at radius 1 is 1.22 bits per heavy atom. The molecule has 2 aromatic heterocycles. The summed E-state index contributed by atoms with van der Waals surface area (Å²) in [6.45, 7) is 0.296. The molecule has 1 atom stereocenters. The maximum Gasteiger partial charge on any atom is 0.414 e. The van der Waals surface area contributed by atoms with Gasteiger partial charge in [-0.1, -0.05) is 6.07 Å². The Morgan fingerprint density at radius 3 is 2.75 bits per heavy atom. The summed E-state index contributed by atoms with van der Waals surface area (Å²) in [7, 11) is 0. The fourth-order valence-electron chi connectivity index (χ4n) is 3.99. The number of benzene rings is 1. The predicted octanol–water partition coefficient (Wildman–Crippen LogP) is 3.12. The van der Waals surface area contributed by atoms with Crippen molar-refractivity contribution in [2.45, 2.75) is 49.9 Å². The van der Waals surface area contributed by atoms with Gasteiger partial charge in [-0.05, 0) is 55.2 Å². The van der Waals surface area contributed by atoms with E-state index in [1.54, 1.807) is 35.3 Å². The second-order valence-electron chi connectivity index (χ2n) is 8.81. The summed E-state index contributed by atoms with van der Waals surface area (Å²) < 4.78 is 20.3. The smallest absolute Gasteiger partial charge is 0.414 e. The van der Waals surface area contributed by atoms with Crippen LogP contribution in [0.2, 0.25) is 0 Å². The molecule has 10 heteroatoms. The molecule has 0 unspecified atom stereocenters. The van der Waals surface area contributed by atoms with E-state index in [0.29, 0.717) is 47.3 Å². The SMILES string of the molecule is O=C1O[C@H](CC2(O)CC2)CN1c1ccc(-c2ccc(-c3nnn(C4CC4)n3)nc2)c(F)c1. The second kappa shape index (κ2) is 7.06. The molecule has 3 aliphatic rings. The molecule has 9 nitrogen and oxygen atoms in total. The summed E-state index contributed by atoms with van der Waals surface area (Å²) in [6, 6.07) is 8.46. The van der Waals surface area contributed by atoms with Gasteiger partial charge in [0, 0.05) is 23.7 Å². The van der Waals surface area contributed by atoms with Gasteiger partial charge in [0.15, 0.2) is 0 Å². The first kappa shape index (κ1) is 19.3. The molecule has 32 heavy (non-hydrogen) atoms. The highest BCUT2D eigenvalue weighted by Crippen LogP contribution is 2.41. The van der Waals surface area contributed by atoms with Gasteiger partial charge < -0.3 is 9.84 Å². The number of carbonyl (C=O) groups is 1. The normalized spacial score (nSPS) is 21.6. The lowest BCUT2D eigenvalue weighted by molar-refractivity contribution is 0.0705. The third kappa shape index (κ3) is 3.60. The van der Waals surface area contributed by atoms with Crippen molar-refractivity contribution in [2.24, 2.45) is 0 Å². The standard InChI is InChI=1S/C22H21FN6O3/c23-18-9-15(28-12-16(32-21(28)30)10-22(31)7-8-22)4-5-17(18)13-1-6-19(24-11-13)20-25-27-29(26-20)14-2-3-14/h1,4-6,9,11,14,16,31H,2-3,7-8,10,12H2/t16-/m1/s1. The molecule has 2 aliphatic carbocycles. The number of hydrogen-bond acceptors (Lipinski definition) is 7. The van der Waals surface area contributed by atoms with Gasteiger partial charge in [-0.25, -0.2) is 9.18 Å². The van der Waals surface area contributed by atoms with E-state index in [9.17, 15) is 14.3 Å². The molecule has 0 spiro atoms. The van der Waals surface area contributed by atoms with E-state index >= 15 is 0 Å². The Morgan fingerprint density at radius 2 is 2.06 bits per heavy atom. The highest BCUT2D eigenvalue weighted by molar-refractivity contribution is 5.90. The molecule has 3 aromatic rings. The highest BCUT2D eigenvalue weighted by Gasteiger charge is 2.46. The number of cyclic esters (lactones) is 1. The first-order valence-electron chi connectivity index (χ1n) is 10.7. The Hall–Kier alpha value is -3.40. The molecule has 1 saturated heterocycles. The number of nitrogens with zero attached hydrogens (tertiary/aromatic N) is 6. The summed E-state index contributed by atoms with van der Waals surface area (Å²) in [5, 5.41) is 22.5. The van der Waals surface area contributed by atoms with Crippen molar-refractivity contribution in [3.8, 4) is 22.6 Å². The van der Waals surface area contributed by atoms with E-state index in [2.05, 4.69) is 20.4 Å². The summed E-state index contributed by atoms with van der Waals surface area (Å²) in [6.07, 6.45) is 4.66. The second-order valence-corrected chi connectivity index (χ2v) is 8.81.